The minimum atomic E-state index is -4.07. The number of sulfonamides is 1. The second-order valence-electron chi connectivity index (χ2n) is 6.62. The van der Waals surface area contributed by atoms with E-state index in [-0.39, 0.29) is 27.8 Å². The minimum absolute atomic E-state index is 0.0429. The molecule has 30 heavy (non-hydrogen) atoms. The lowest BCUT2D eigenvalue weighted by molar-refractivity contribution is 0.598. The van der Waals surface area contributed by atoms with Crippen molar-refractivity contribution in [1.82, 2.24) is 9.55 Å². The van der Waals surface area contributed by atoms with E-state index in [4.69, 9.17) is 11.6 Å². The van der Waals surface area contributed by atoms with Crippen LogP contribution in [0.2, 0.25) is 5.02 Å². The van der Waals surface area contributed by atoms with Crippen LogP contribution in [-0.4, -0.2) is 18.0 Å². The molecule has 0 radical (unpaired) electrons. The van der Waals surface area contributed by atoms with E-state index in [2.05, 4.69) is 22.3 Å². The van der Waals surface area contributed by atoms with Gasteiger partial charge in [-0.25, -0.2) is 18.1 Å². The van der Waals surface area contributed by atoms with Crippen LogP contribution in [0, 0.1) is 6.92 Å². The molecule has 0 aliphatic carbocycles. The van der Waals surface area contributed by atoms with Crippen LogP contribution in [0.25, 0.3) is 10.2 Å². The highest BCUT2D eigenvalue weighted by Gasteiger charge is 2.23. The Bertz CT molecular complexity index is 1410. The highest BCUT2D eigenvalue weighted by molar-refractivity contribution is 7.93. The van der Waals surface area contributed by atoms with Gasteiger partial charge < -0.3 is 0 Å². The van der Waals surface area contributed by atoms with Crippen LogP contribution in [0.3, 0.4) is 0 Å². The van der Waals surface area contributed by atoms with Crippen molar-refractivity contribution in [3.05, 3.63) is 80.4 Å². The number of hydrogen-bond donors (Lipinski definition) is 2. The number of rotatable bonds is 5. The Balaban J connectivity index is 1.85. The molecule has 0 saturated carbocycles. The van der Waals surface area contributed by atoms with Gasteiger partial charge in [-0.15, -0.1) is 24.0 Å². The molecule has 0 unspecified atom stereocenters. The number of hydrogen-bond acceptors (Lipinski definition) is 6. The van der Waals surface area contributed by atoms with Crippen LogP contribution in [0.15, 0.2) is 68.5 Å². The quantitative estimate of drug-likeness (QED) is 0.413. The topological polar surface area (TPSA) is 81.1 Å². The number of anilines is 1. The van der Waals surface area contributed by atoms with E-state index < -0.39 is 10.0 Å². The Morgan fingerprint density at radius 3 is 2.67 bits per heavy atom. The molecule has 154 valence electrons. The number of aryl methyl sites for hydroxylation is 1. The van der Waals surface area contributed by atoms with Crippen LogP contribution in [0.4, 0.5) is 5.95 Å². The second-order valence-corrected chi connectivity index (χ2v) is 10.1. The number of benzene rings is 2. The molecule has 0 saturated heterocycles. The maximum absolute atomic E-state index is 13.1. The Morgan fingerprint density at radius 2 is 1.93 bits per heavy atom. The highest BCUT2D eigenvalue weighted by atomic mass is 35.5. The van der Waals surface area contributed by atoms with E-state index in [1.807, 2.05) is 30.3 Å². The van der Waals surface area contributed by atoms with Gasteiger partial charge in [0.15, 0.2) is 0 Å². The molecule has 4 aromatic rings. The average Bonchev–Trinajstić information content (AvgIpc) is 3.17. The number of halogens is 1. The van der Waals surface area contributed by atoms with Gasteiger partial charge in [-0.3, -0.25) is 9.36 Å². The summed E-state index contributed by atoms with van der Waals surface area (Å²) >= 11 is 11.6. The first-order valence-corrected chi connectivity index (χ1v) is 12.0. The smallest absolute Gasteiger partial charge is 0.272 e. The molecule has 0 spiro atoms. The molecule has 0 fully saturated rings. The first-order valence-electron chi connectivity index (χ1n) is 8.80. The molecule has 6 nitrogen and oxygen atoms in total. The third-order valence-corrected chi connectivity index (χ3v) is 7.69. The normalized spacial score (nSPS) is 11.7. The summed E-state index contributed by atoms with van der Waals surface area (Å²) in [6.45, 7) is 1.88. The van der Waals surface area contributed by atoms with Crippen molar-refractivity contribution < 1.29 is 8.42 Å². The van der Waals surface area contributed by atoms with Crippen molar-refractivity contribution in [3.8, 4) is 0 Å². The van der Waals surface area contributed by atoms with Crippen LogP contribution >= 0.6 is 35.6 Å². The fourth-order valence-corrected chi connectivity index (χ4v) is 5.71. The Morgan fingerprint density at radius 1 is 1.20 bits per heavy atom. The van der Waals surface area contributed by atoms with Gasteiger partial charge in [-0.2, -0.15) is 0 Å². The summed E-state index contributed by atoms with van der Waals surface area (Å²) in [5.74, 6) is -0.0601. The van der Waals surface area contributed by atoms with Gasteiger partial charge >= 0.3 is 0 Å². The zero-order valence-electron chi connectivity index (χ0n) is 15.7. The Hall–Kier alpha value is -2.33. The SMILES string of the molecule is Cc1cc(S(=O)(=O)Nc2nc3ccsc3c(=O)n2Cc2ccccc2)c(S)cc1Cl. The van der Waals surface area contributed by atoms with Crippen molar-refractivity contribution in [2.45, 2.75) is 23.3 Å². The summed E-state index contributed by atoms with van der Waals surface area (Å²) in [7, 11) is -4.07. The Kier molecular flexibility index (Phi) is 5.63. The fraction of sp³-hybridized carbons (Fsp3) is 0.100. The summed E-state index contributed by atoms with van der Waals surface area (Å²) in [5, 5.41) is 2.16. The summed E-state index contributed by atoms with van der Waals surface area (Å²) in [6, 6.07) is 13.9. The maximum atomic E-state index is 13.1. The van der Waals surface area contributed by atoms with Gasteiger partial charge in [0.05, 0.1) is 12.1 Å². The molecule has 0 aliphatic rings. The third-order valence-electron chi connectivity index (χ3n) is 4.50. The first-order chi connectivity index (χ1) is 14.3. The monoisotopic (exact) mass is 477 g/mol. The Labute approximate surface area is 187 Å². The molecule has 10 heteroatoms. The standard InChI is InChI=1S/C20H16ClN3O3S3/c1-12-9-17(16(28)10-14(12)21)30(26,27)23-20-22-15-7-8-29-18(15)19(25)24(20)11-13-5-3-2-4-6-13/h2-10,28H,11H2,1H3,(H,22,23). The van der Waals surface area contributed by atoms with Crippen molar-refractivity contribution in [2.75, 3.05) is 4.72 Å². The van der Waals surface area contributed by atoms with Gasteiger partial charge in [0.1, 0.15) is 9.60 Å². The predicted molar refractivity (Wildman–Crippen MR) is 124 cm³/mol. The number of nitrogens with zero attached hydrogens (tertiary/aromatic N) is 2. The molecule has 2 heterocycles. The highest BCUT2D eigenvalue weighted by Crippen LogP contribution is 2.28. The number of nitrogens with one attached hydrogen (secondary N) is 1. The molecular weight excluding hydrogens is 462 g/mol. The molecule has 0 aliphatic heterocycles. The molecule has 0 amide bonds. The van der Waals surface area contributed by atoms with Gasteiger partial charge in [0.25, 0.3) is 15.6 Å². The van der Waals surface area contributed by atoms with Crippen molar-refractivity contribution in [2.24, 2.45) is 0 Å². The summed E-state index contributed by atoms with van der Waals surface area (Å²) in [6.07, 6.45) is 0. The number of fused-ring (bicyclic) bond motifs is 1. The van der Waals surface area contributed by atoms with Gasteiger partial charge in [-0.1, -0.05) is 41.9 Å². The lowest BCUT2D eigenvalue weighted by Gasteiger charge is -2.15. The van der Waals surface area contributed by atoms with E-state index in [1.54, 1.807) is 18.4 Å². The van der Waals surface area contributed by atoms with Crippen LogP contribution in [0.5, 0.6) is 0 Å². The fourth-order valence-electron chi connectivity index (χ4n) is 2.97. The van der Waals surface area contributed by atoms with E-state index in [1.165, 1.54) is 28.0 Å². The van der Waals surface area contributed by atoms with E-state index >= 15 is 0 Å². The molecular formula is C20H16ClN3O3S3. The molecule has 2 aromatic carbocycles. The summed E-state index contributed by atoms with van der Waals surface area (Å²) in [5.41, 5.74) is 1.56. The molecule has 2 aromatic heterocycles. The van der Waals surface area contributed by atoms with E-state index in [9.17, 15) is 13.2 Å². The van der Waals surface area contributed by atoms with E-state index in [0.29, 0.717) is 20.8 Å². The predicted octanol–water partition coefficient (Wildman–Crippen LogP) is 4.56. The maximum Gasteiger partial charge on any atom is 0.273 e. The lowest BCUT2D eigenvalue weighted by Crippen LogP contribution is -2.27. The number of thiol groups is 1. The number of thiophene rings is 1. The zero-order valence-corrected chi connectivity index (χ0v) is 18.9. The minimum Gasteiger partial charge on any atom is -0.272 e. The number of aromatic nitrogens is 2. The average molecular weight is 478 g/mol. The van der Waals surface area contributed by atoms with Gasteiger partial charge in [0, 0.05) is 9.92 Å². The van der Waals surface area contributed by atoms with E-state index in [0.717, 1.165) is 5.56 Å². The third kappa shape index (κ3) is 3.98. The molecule has 4 rings (SSSR count). The van der Waals surface area contributed by atoms with Crippen molar-refractivity contribution >= 4 is 61.8 Å². The van der Waals surface area contributed by atoms with Crippen LogP contribution in [0.1, 0.15) is 11.1 Å². The van der Waals surface area contributed by atoms with Crippen molar-refractivity contribution in [3.63, 3.8) is 0 Å². The molecule has 0 atom stereocenters. The lowest BCUT2D eigenvalue weighted by atomic mass is 10.2. The van der Waals surface area contributed by atoms with Crippen molar-refractivity contribution in [1.29, 1.82) is 0 Å². The zero-order chi connectivity index (χ0) is 21.5. The van der Waals surface area contributed by atoms with Crippen LogP contribution < -0.4 is 10.3 Å². The molecule has 1 N–H and O–H groups in total. The van der Waals surface area contributed by atoms with Gasteiger partial charge in [-0.05, 0) is 41.6 Å². The first kappa shape index (κ1) is 20.9. The van der Waals surface area contributed by atoms with Gasteiger partial charge in [0.2, 0.25) is 5.95 Å². The second kappa shape index (κ2) is 8.07. The molecule has 0 bridgehead atoms. The largest absolute Gasteiger partial charge is 0.273 e. The van der Waals surface area contributed by atoms with Crippen LogP contribution in [-0.2, 0) is 16.6 Å². The summed E-state index contributed by atoms with van der Waals surface area (Å²) in [4.78, 5) is 17.6. The summed E-state index contributed by atoms with van der Waals surface area (Å²) < 4.78 is 30.5.